The van der Waals surface area contributed by atoms with Gasteiger partial charge in [0.2, 0.25) is 0 Å². The van der Waals surface area contributed by atoms with E-state index in [0.29, 0.717) is 20.6 Å². The van der Waals surface area contributed by atoms with Crippen LogP contribution in [0.1, 0.15) is 24.4 Å². The van der Waals surface area contributed by atoms with Crippen LogP contribution >= 0.6 is 47.2 Å². The van der Waals surface area contributed by atoms with Gasteiger partial charge in [-0.15, -0.1) is 19.0 Å². The zero-order valence-electron chi connectivity index (χ0n) is 8.55. The molecule has 0 amide bonds. The second-order valence-electron chi connectivity index (χ2n) is 3.23. The molecule has 1 atom stereocenters. The largest absolute Gasteiger partial charge is 0.324 e. The Balaban J connectivity index is 0.00000225. The second-order valence-corrected chi connectivity index (χ2v) is 4.42. The summed E-state index contributed by atoms with van der Waals surface area (Å²) in [5, 5.41) is 1.48. The van der Waals surface area contributed by atoms with E-state index in [2.05, 4.69) is 6.58 Å². The highest BCUT2D eigenvalue weighted by Gasteiger charge is 2.15. The van der Waals surface area contributed by atoms with Crippen LogP contribution in [0.2, 0.25) is 15.1 Å². The maximum absolute atomic E-state index is 6.05. The smallest absolute Gasteiger partial charge is 0.0654 e. The quantitative estimate of drug-likeness (QED) is 0.612. The maximum atomic E-state index is 6.05. The summed E-state index contributed by atoms with van der Waals surface area (Å²) in [5.74, 6) is 0. The molecule has 0 fully saturated rings. The van der Waals surface area contributed by atoms with Gasteiger partial charge in [-0.1, -0.05) is 40.9 Å². The Labute approximate surface area is 117 Å². The third-order valence-corrected chi connectivity index (χ3v) is 3.28. The molecule has 0 bridgehead atoms. The van der Waals surface area contributed by atoms with Crippen molar-refractivity contribution >= 4 is 47.2 Å². The number of rotatable bonds is 4. The molecule has 1 nitrogen and oxygen atoms in total. The molecule has 0 spiro atoms. The number of hydrogen-bond acceptors (Lipinski definition) is 1. The molecular formula is C11H13Cl4N. The first-order valence-corrected chi connectivity index (χ1v) is 5.71. The Hall–Kier alpha value is 0.0800. The zero-order chi connectivity index (χ0) is 11.4. The molecule has 0 saturated carbocycles. The molecule has 0 radical (unpaired) electrons. The van der Waals surface area contributed by atoms with Gasteiger partial charge < -0.3 is 5.73 Å². The lowest BCUT2D eigenvalue weighted by Crippen LogP contribution is -2.11. The standard InChI is InChI=1S/C11H12Cl3N.ClH/c1-2-3-4-9(15)10-7(12)5-6-8(13)11(10)14;/h2,5-6,9H,1,3-4,15H2;1H/t9-;/m0./s1. The van der Waals surface area contributed by atoms with Crippen molar-refractivity contribution in [2.75, 3.05) is 0 Å². The molecule has 1 rings (SSSR count). The summed E-state index contributed by atoms with van der Waals surface area (Å²) < 4.78 is 0. The highest BCUT2D eigenvalue weighted by molar-refractivity contribution is 6.44. The first-order chi connectivity index (χ1) is 7.07. The molecule has 90 valence electrons. The minimum absolute atomic E-state index is 0. The Morgan fingerprint density at radius 1 is 1.25 bits per heavy atom. The highest BCUT2D eigenvalue weighted by atomic mass is 35.5. The fourth-order valence-corrected chi connectivity index (χ4v) is 2.14. The molecule has 1 aromatic carbocycles. The summed E-state index contributed by atoms with van der Waals surface area (Å²) in [6, 6.07) is 3.16. The summed E-state index contributed by atoms with van der Waals surface area (Å²) in [6.07, 6.45) is 3.38. The van der Waals surface area contributed by atoms with Crippen LogP contribution in [0.3, 0.4) is 0 Å². The highest BCUT2D eigenvalue weighted by Crippen LogP contribution is 2.36. The SMILES string of the molecule is C=CCC[C@H](N)c1c(Cl)ccc(Cl)c1Cl.Cl. The molecule has 0 unspecified atom stereocenters. The lowest BCUT2D eigenvalue weighted by Gasteiger charge is -2.15. The summed E-state index contributed by atoms with van der Waals surface area (Å²) in [6.45, 7) is 3.64. The predicted octanol–water partition coefficient (Wildman–Crippen LogP) is 5.03. The van der Waals surface area contributed by atoms with Gasteiger partial charge in [-0.25, -0.2) is 0 Å². The Morgan fingerprint density at radius 3 is 2.38 bits per heavy atom. The van der Waals surface area contributed by atoms with Crippen LogP contribution in [0.25, 0.3) is 0 Å². The van der Waals surface area contributed by atoms with Crippen LogP contribution in [0.15, 0.2) is 24.8 Å². The summed E-state index contributed by atoms with van der Waals surface area (Å²) in [7, 11) is 0. The van der Waals surface area contributed by atoms with E-state index in [4.69, 9.17) is 40.5 Å². The lowest BCUT2D eigenvalue weighted by molar-refractivity contribution is 0.662. The van der Waals surface area contributed by atoms with Crippen molar-refractivity contribution in [2.24, 2.45) is 5.73 Å². The van der Waals surface area contributed by atoms with Crippen molar-refractivity contribution < 1.29 is 0 Å². The van der Waals surface area contributed by atoms with Crippen molar-refractivity contribution in [1.29, 1.82) is 0 Å². The summed E-state index contributed by atoms with van der Waals surface area (Å²) in [5.41, 5.74) is 6.69. The van der Waals surface area contributed by atoms with E-state index in [9.17, 15) is 0 Å². The van der Waals surface area contributed by atoms with Crippen molar-refractivity contribution in [3.05, 3.63) is 45.4 Å². The van der Waals surface area contributed by atoms with E-state index in [1.54, 1.807) is 12.1 Å². The molecular weight excluding hydrogens is 288 g/mol. The van der Waals surface area contributed by atoms with Crippen LogP contribution in [0.4, 0.5) is 0 Å². The molecule has 0 aliphatic rings. The molecule has 16 heavy (non-hydrogen) atoms. The van der Waals surface area contributed by atoms with Gasteiger partial charge in [0.1, 0.15) is 0 Å². The first-order valence-electron chi connectivity index (χ1n) is 4.57. The van der Waals surface area contributed by atoms with E-state index in [-0.39, 0.29) is 18.4 Å². The molecule has 2 N–H and O–H groups in total. The minimum atomic E-state index is -0.207. The lowest BCUT2D eigenvalue weighted by atomic mass is 10.0. The molecule has 0 aromatic heterocycles. The normalized spacial score (nSPS) is 11.8. The van der Waals surface area contributed by atoms with Gasteiger partial charge in [0.15, 0.2) is 0 Å². The summed E-state index contributed by atoms with van der Waals surface area (Å²) >= 11 is 18.0. The van der Waals surface area contributed by atoms with Crippen LogP contribution in [0.5, 0.6) is 0 Å². The molecule has 1 aromatic rings. The number of allylic oxidation sites excluding steroid dienone is 1. The van der Waals surface area contributed by atoms with Gasteiger partial charge in [-0.2, -0.15) is 0 Å². The van der Waals surface area contributed by atoms with Gasteiger partial charge >= 0.3 is 0 Å². The summed E-state index contributed by atoms with van der Waals surface area (Å²) in [4.78, 5) is 0. The monoisotopic (exact) mass is 299 g/mol. The molecule has 5 heteroatoms. The number of halogens is 4. The molecule has 0 saturated heterocycles. The minimum Gasteiger partial charge on any atom is -0.324 e. The molecule has 0 heterocycles. The van der Waals surface area contributed by atoms with Crippen molar-refractivity contribution in [3.8, 4) is 0 Å². The van der Waals surface area contributed by atoms with Crippen molar-refractivity contribution in [1.82, 2.24) is 0 Å². The maximum Gasteiger partial charge on any atom is 0.0654 e. The Bertz CT molecular complexity index is 365. The third kappa shape index (κ3) is 3.83. The van der Waals surface area contributed by atoms with Crippen LogP contribution in [0, 0.1) is 0 Å². The van der Waals surface area contributed by atoms with Gasteiger partial charge in [0.05, 0.1) is 10.0 Å². The average molecular weight is 301 g/mol. The first kappa shape index (κ1) is 16.1. The van der Waals surface area contributed by atoms with Gasteiger partial charge in [0, 0.05) is 16.6 Å². The topological polar surface area (TPSA) is 26.0 Å². The number of hydrogen-bond donors (Lipinski definition) is 1. The van der Waals surface area contributed by atoms with E-state index in [1.165, 1.54) is 0 Å². The fourth-order valence-electron chi connectivity index (χ4n) is 1.32. The van der Waals surface area contributed by atoms with Crippen molar-refractivity contribution in [2.45, 2.75) is 18.9 Å². The van der Waals surface area contributed by atoms with E-state index in [0.717, 1.165) is 12.8 Å². The number of benzene rings is 1. The Morgan fingerprint density at radius 2 is 1.81 bits per heavy atom. The average Bonchev–Trinajstić information content (AvgIpc) is 2.21. The van der Waals surface area contributed by atoms with Crippen molar-refractivity contribution in [3.63, 3.8) is 0 Å². The van der Waals surface area contributed by atoms with E-state index >= 15 is 0 Å². The number of nitrogens with two attached hydrogens (primary N) is 1. The van der Waals surface area contributed by atoms with Gasteiger partial charge in [0.25, 0.3) is 0 Å². The van der Waals surface area contributed by atoms with E-state index in [1.807, 2.05) is 6.08 Å². The van der Waals surface area contributed by atoms with Crippen LogP contribution in [-0.4, -0.2) is 0 Å². The predicted molar refractivity (Wildman–Crippen MR) is 75.1 cm³/mol. The molecule has 0 aliphatic heterocycles. The second kappa shape index (κ2) is 7.41. The van der Waals surface area contributed by atoms with Crippen LogP contribution in [-0.2, 0) is 0 Å². The van der Waals surface area contributed by atoms with Gasteiger partial charge in [-0.3, -0.25) is 0 Å². The Kier molecular flexibility index (Phi) is 7.45. The van der Waals surface area contributed by atoms with Gasteiger partial charge in [-0.05, 0) is 25.0 Å². The fraction of sp³-hybridized carbons (Fsp3) is 0.273. The molecule has 0 aliphatic carbocycles. The third-order valence-electron chi connectivity index (χ3n) is 2.13. The van der Waals surface area contributed by atoms with E-state index < -0.39 is 0 Å². The zero-order valence-corrected chi connectivity index (χ0v) is 11.6. The van der Waals surface area contributed by atoms with Crippen LogP contribution < -0.4 is 5.73 Å².